The van der Waals surface area contributed by atoms with Gasteiger partial charge in [0.1, 0.15) is 4.90 Å². The molecule has 0 aliphatic carbocycles. The Kier molecular flexibility index (Phi) is 18.9. The molecule has 2 aromatic heterocycles. The number of anilines is 8. The number of hydrogen-bond acceptors (Lipinski definition) is 24. The average molecular weight is 995 g/mol. The lowest BCUT2D eigenvalue weighted by Crippen LogP contribution is -2.33. The van der Waals surface area contributed by atoms with Gasteiger partial charge in [0.25, 0.3) is 30.4 Å². The molecule has 2 unspecified atom stereocenters. The summed E-state index contributed by atoms with van der Waals surface area (Å²) in [6.45, 7) is -1.05. The minimum absolute atomic E-state index is 0.0329. The van der Waals surface area contributed by atoms with Gasteiger partial charge in [-0.05, 0) is 29.8 Å². The summed E-state index contributed by atoms with van der Waals surface area (Å²) in [6.07, 6.45) is 1.39. The molecule has 0 saturated heterocycles. The summed E-state index contributed by atoms with van der Waals surface area (Å²) in [5.41, 5.74) is 0.273. The molecule has 0 aliphatic rings. The second kappa shape index (κ2) is 23.6. The van der Waals surface area contributed by atoms with Crippen LogP contribution < -0.4 is 35.3 Å². The molecular formula is C33H46N12O16S4. The van der Waals surface area contributed by atoms with Crippen LogP contribution in [0.1, 0.15) is 11.1 Å². The molecule has 2 atom stereocenters. The van der Waals surface area contributed by atoms with Gasteiger partial charge in [0.2, 0.25) is 35.7 Å². The standard InChI is InChI=1S/C33H46N12O16S4/c1-44(11-16-64(54,55)56)32-41-31(42-33(43-32)45(2)19-25(48)20-47)36-23-7-5-21(26(17-23)61-62(49)50)3-4-22-6-8-24(18-27(22)65(57,58)59)37-30-39-28(34-9-13-60-14-12-46)38-29(40-30)35-10-15-63(51,52)53/h3-8,17-18,25,46-48H,9-16,19-20H2,1-2H3,(H,49,50)(H,51,52,53)(H,54,55,56)(H,57,58,59)(H,36,41,42,43)(H3,34,35,37,38,39,40). The number of rotatable bonds is 27. The van der Waals surface area contributed by atoms with Gasteiger partial charge in [-0.3, -0.25) is 18.2 Å². The Labute approximate surface area is 375 Å². The highest BCUT2D eigenvalue weighted by molar-refractivity contribution is 7.86. The van der Waals surface area contributed by atoms with Crippen molar-refractivity contribution in [2.45, 2.75) is 11.0 Å². The van der Waals surface area contributed by atoms with Gasteiger partial charge in [0.05, 0.1) is 44.0 Å². The minimum Gasteiger partial charge on any atom is -0.394 e. The molecule has 0 bridgehead atoms. The predicted molar refractivity (Wildman–Crippen MR) is 237 cm³/mol. The van der Waals surface area contributed by atoms with Crippen LogP contribution in [0.4, 0.5) is 47.1 Å². The number of benzene rings is 2. The molecule has 11 N–H and O–H groups in total. The summed E-state index contributed by atoms with van der Waals surface area (Å²) >= 11 is -2.87. The topological polar surface area (TPSA) is 412 Å². The van der Waals surface area contributed by atoms with Gasteiger partial charge in [-0.2, -0.15) is 59.4 Å². The number of aliphatic hydroxyl groups is 3. The molecule has 28 nitrogen and oxygen atoms in total. The minimum atomic E-state index is -4.93. The van der Waals surface area contributed by atoms with Crippen molar-refractivity contribution >= 4 is 101 Å². The van der Waals surface area contributed by atoms with Crippen molar-refractivity contribution in [1.29, 1.82) is 0 Å². The van der Waals surface area contributed by atoms with E-state index in [-0.39, 0.29) is 110 Å². The molecule has 358 valence electrons. The van der Waals surface area contributed by atoms with E-state index in [0.29, 0.717) is 0 Å². The van der Waals surface area contributed by atoms with Crippen LogP contribution in [0.15, 0.2) is 41.3 Å². The van der Waals surface area contributed by atoms with E-state index in [0.717, 1.165) is 6.07 Å². The Morgan fingerprint density at radius 1 is 0.723 bits per heavy atom. The van der Waals surface area contributed by atoms with E-state index in [2.05, 4.69) is 51.2 Å². The molecule has 0 spiro atoms. The van der Waals surface area contributed by atoms with E-state index in [4.69, 9.17) is 18.6 Å². The molecule has 0 aliphatic heterocycles. The van der Waals surface area contributed by atoms with E-state index in [1.165, 1.54) is 66.4 Å². The van der Waals surface area contributed by atoms with Crippen molar-refractivity contribution in [3.63, 3.8) is 0 Å². The van der Waals surface area contributed by atoms with E-state index < -0.39 is 70.8 Å². The van der Waals surface area contributed by atoms with Gasteiger partial charge in [0.15, 0.2) is 5.75 Å². The van der Waals surface area contributed by atoms with Gasteiger partial charge in [-0.15, -0.1) is 0 Å². The molecule has 0 saturated carbocycles. The third-order valence-electron chi connectivity index (χ3n) is 8.14. The highest BCUT2D eigenvalue weighted by Crippen LogP contribution is 2.30. The van der Waals surface area contributed by atoms with Crippen LogP contribution in [0.25, 0.3) is 12.2 Å². The van der Waals surface area contributed by atoms with Crippen LogP contribution in [0.3, 0.4) is 0 Å². The summed E-state index contributed by atoms with van der Waals surface area (Å²) in [5, 5.41) is 39.3. The van der Waals surface area contributed by atoms with E-state index >= 15 is 0 Å². The molecule has 65 heavy (non-hydrogen) atoms. The summed E-state index contributed by atoms with van der Waals surface area (Å²) in [5.74, 6) is -2.16. The molecule has 2 aromatic carbocycles. The average Bonchev–Trinajstić information content (AvgIpc) is 3.21. The molecule has 0 radical (unpaired) electrons. The van der Waals surface area contributed by atoms with Gasteiger partial charge in [0, 0.05) is 63.3 Å². The van der Waals surface area contributed by atoms with Crippen molar-refractivity contribution in [2.24, 2.45) is 0 Å². The van der Waals surface area contributed by atoms with Crippen LogP contribution in [0.2, 0.25) is 0 Å². The summed E-state index contributed by atoms with van der Waals surface area (Å²) < 4.78 is 131. The number of nitrogens with zero attached hydrogens (tertiary/aromatic N) is 8. The zero-order chi connectivity index (χ0) is 48.0. The maximum atomic E-state index is 12.6. The predicted octanol–water partition coefficient (Wildman–Crippen LogP) is -0.690. The number of aromatic nitrogens is 6. The highest BCUT2D eigenvalue weighted by Gasteiger charge is 2.20. The number of nitrogens with one attached hydrogen (secondary N) is 4. The maximum Gasteiger partial charge on any atom is 0.357 e. The first kappa shape index (κ1) is 52.1. The Morgan fingerprint density at radius 3 is 1.86 bits per heavy atom. The third-order valence-corrected chi connectivity index (χ3v) is 10.8. The number of ether oxygens (including phenoxy) is 1. The highest BCUT2D eigenvalue weighted by atomic mass is 32.2. The first-order chi connectivity index (χ1) is 30.5. The fraction of sp³-hybridized carbons (Fsp3) is 0.394. The zero-order valence-electron chi connectivity index (χ0n) is 34.3. The summed E-state index contributed by atoms with van der Waals surface area (Å²) in [6, 6.07) is 7.87. The van der Waals surface area contributed by atoms with Crippen molar-refractivity contribution < 1.29 is 71.9 Å². The fourth-order valence-corrected chi connectivity index (χ4v) is 7.02. The second-order valence-corrected chi connectivity index (χ2v) is 18.5. The van der Waals surface area contributed by atoms with Crippen molar-refractivity contribution in [3.8, 4) is 5.75 Å². The van der Waals surface area contributed by atoms with Gasteiger partial charge >= 0.3 is 11.4 Å². The van der Waals surface area contributed by atoms with Crippen LogP contribution in [-0.4, -0.2) is 177 Å². The Balaban J connectivity index is 1.65. The second-order valence-electron chi connectivity index (χ2n) is 13.3. The van der Waals surface area contributed by atoms with Gasteiger partial charge in [-0.1, -0.05) is 18.2 Å². The third kappa shape index (κ3) is 18.1. The Hall–Kier alpha value is -5.52. The Bertz CT molecular complexity index is 2650. The first-order valence-electron chi connectivity index (χ1n) is 18.6. The molecule has 4 aromatic rings. The quantitative estimate of drug-likeness (QED) is 0.0152. The molecule has 2 heterocycles. The van der Waals surface area contributed by atoms with Crippen LogP contribution in [0.5, 0.6) is 5.75 Å². The van der Waals surface area contributed by atoms with Gasteiger partial charge in [-0.25, -0.2) is 0 Å². The fourth-order valence-electron chi connectivity index (χ4n) is 5.15. The monoisotopic (exact) mass is 994 g/mol. The zero-order valence-corrected chi connectivity index (χ0v) is 37.5. The molecule has 32 heteroatoms. The van der Waals surface area contributed by atoms with Crippen molar-refractivity contribution in [1.82, 2.24) is 29.9 Å². The van der Waals surface area contributed by atoms with E-state index in [1.54, 1.807) is 0 Å². The molecule has 0 amide bonds. The number of hydrogen-bond donors (Lipinski definition) is 11. The van der Waals surface area contributed by atoms with Crippen LogP contribution >= 0.6 is 0 Å². The molecule has 0 fully saturated rings. The van der Waals surface area contributed by atoms with E-state index in [1.807, 2.05) is 0 Å². The lowest BCUT2D eigenvalue weighted by Gasteiger charge is -2.23. The lowest BCUT2D eigenvalue weighted by molar-refractivity contribution is 0.0991. The molecule has 4 rings (SSSR count). The van der Waals surface area contributed by atoms with Crippen molar-refractivity contribution in [3.05, 3.63) is 47.5 Å². The summed E-state index contributed by atoms with van der Waals surface area (Å²) in [4.78, 5) is 27.4. The van der Waals surface area contributed by atoms with Gasteiger partial charge < -0.3 is 55.3 Å². The van der Waals surface area contributed by atoms with E-state index in [9.17, 15) is 53.3 Å². The summed E-state index contributed by atoms with van der Waals surface area (Å²) in [7, 11) is -10.7. The smallest absolute Gasteiger partial charge is 0.357 e. The largest absolute Gasteiger partial charge is 0.394 e. The lowest BCUT2D eigenvalue weighted by atomic mass is 10.1. The number of aliphatic hydroxyl groups excluding tert-OH is 3. The Morgan fingerprint density at radius 2 is 1.28 bits per heavy atom. The van der Waals surface area contributed by atoms with Crippen LogP contribution in [-0.2, 0) is 46.5 Å². The SMILES string of the molecule is CN(CCS(=O)(=O)O)c1nc(Nc2ccc(C=Cc3ccc(Nc4nc(NCCOCCO)nc(NCCS(=O)(=O)O)n4)cc3S(=O)(=O)O)c(OS(=O)O)c2)nc(N(C)CC(O)CO)n1. The number of likely N-dealkylation sites (N-methyl/N-ethyl adjacent to an activating group) is 1. The first-order valence-corrected chi connectivity index (χ1v) is 24.3. The van der Waals surface area contributed by atoms with Crippen molar-refractivity contribution in [2.75, 3.05) is 109 Å². The maximum absolute atomic E-state index is 12.6. The molecular weight excluding hydrogens is 949 g/mol. The normalized spacial score (nSPS) is 13.0. The van der Waals surface area contributed by atoms with Crippen LogP contribution in [0, 0.1) is 0 Å².